The third kappa shape index (κ3) is 3.97. The van der Waals surface area contributed by atoms with Crippen molar-refractivity contribution in [1.29, 1.82) is 0 Å². The van der Waals surface area contributed by atoms with Crippen molar-refractivity contribution in [1.82, 2.24) is 14.7 Å². The van der Waals surface area contributed by atoms with E-state index in [1.54, 1.807) is 10.7 Å². The maximum Gasteiger partial charge on any atom is 0.258 e. The summed E-state index contributed by atoms with van der Waals surface area (Å²) in [6.07, 6.45) is 0. The largest absolute Gasteiger partial charge is 0.332 e. The molecule has 1 N–H and O–H groups in total. The topological polar surface area (TPSA) is 42.6 Å². The number of carbonyl (C=O) groups is 1. The van der Waals surface area contributed by atoms with E-state index in [1.165, 1.54) is 17.0 Å². The van der Waals surface area contributed by atoms with E-state index < -0.39 is 0 Å². The fourth-order valence-corrected chi connectivity index (χ4v) is 3.95. The lowest BCUT2D eigenvalue weighted by molar-refractivity contribution is -0.902. The fourth-order valence-electron chi connectivity index (χ4n) is 3.95. The highest BCUT2D eigenvalue weighted by Crippen LogP contribution is 2.31. The van der Waals surface area contributed by atoms with Crippen molar-refractivity contribution < 1.29 is 14.1 Å². The van der Waals surface area contributed by atoms with E-state index in [1.807, 2.05) is 11.0 Å². The van der Waals surface area contributed by atoms with Crippen LogP contribution in [0.15, 0.2) is 24.3 Å². The number of rotatable bonds is 5. The molecule has 1 aromatic heterocycles. The average molecular weight is 388 g/mol. The highest BCUT2D eigenvalue weighted by molar-refractivity contribution is 5.97. The Bertz CT molecular complexity index is 835. The van der Waals surface area contributed by atoms with Gasteiger partial charge in [-0.15, -0.1) is 0 Å². The molecule has 152 valence electrons. The van der Waals surface area contributed by atoms with E-state index in [0.29, 0.717) is 11.3 Å². The van der Waals surface area contributed by atoms with Gasteiger partial charge in [-0.1, -0.05) is 33.8 Å². The van der Waals surface area contributed by atoms with Crippen molar-refractivity contribution in [2.45, 2.75) is 46.5 Å². The van der Waals surface area contributed by atoms with Crippen LogP contribution in [0, 0.1) is 5.82 Å². The number of amides is 1. The highest BCUT2D eigenvalue weighted by Gasteiger charge is 2.32. The van der Waals surface area contributed by atoms with Crippen LogP contribution in [-0.4, -0.2) is 53.3 Å². The second-order valence-corrected chi connectivity index (χ2v) is 8.24. The third-order valence-electron chi connectivity index (χ3n) is 5.57. The van der Waals surface area contributed by atoms with E-state index in [-0.39, 0.29) is 23.6 Å². The SMILES string of the molecule is CC[NH+]1CCN(C(=O)c2c(C(C)C)nn(-c3cccc(F)c3)c2C(C)C)CC1. The molecule has 0 saturated carbocycles. The van der Waals surface area contributed by atoms with Crippen LogP contribution in [0.4, 0.5) is 4.39 Å². The Morgan fingerprint density at radius 3 is 2.39 bits per heavy atom. The van der Waals surface area contributed by atoms with Crippen LogP contribution in [0.1, 0.15) is 68.2 Å². The Balaban J connectivity index is 2.07. The fraction of sp³-hybridized carbons (Fsp3) is 0.545. The number of benzene rings is 1. The second kappa shape index (κ2) is 8.43. The van der Waals surface area contributed by atoms with Crippen molar-refractivity contribution >= 4 is 5.91 Å². The molecule has 1 amide bonds. The Morgan fingerprint density at radius 1 is 1.18 bits per heavy atom. The summed E-state index contributed by atoms with van der Waals surface area (Å²) in [7, 11) is 0. The summed E-state index contributed by atoms with van der Waals surface area (Å²) in [6.45, 7) is 15.0. The molecule has 6 heteroatoms. The molecule has 2 aromatic rings. The molecule has 1 aliphatic heterocycles. The molecular formula is C22H32FN4O+. The minimum absolute atomic E-state index is 0.0604. The van der Waals surface area contributed by atoms with Gasteiger partial charge in [0.05, 0.1) is 55.4 Å². The Kier molecular flexibility index (Phi) is 6.18. The first-order valence-corrected chi connectivity index (χ1v) is 10.3. The van der Waals surface area contributed by atoms with E-state index in [2.05, 4.69) is 34.6 Å². The molecule has 0 bridgehead atoms. The number of likely N-dealkylation sites (N-methyl/N-ethyl adjacent to an activating group) is 1. The van der Waals surface area contributed by atoms with Crippen molar-refractivity contribution in [3.63, 3.8) is 0 Å². The third-order valence-corrected chi connectivity index (χ3v) is 5.57. The predicted octanol–water partition coefficient (Wildman–Crippen LogP) is 2.62. The summed E-state index contributed by atoms with van der Waals surface area (Å²) in [6, 6.07) is 6.41. The van der Waals surface area contributed by atoms with Crippen LogP contribution in [0.3, 0.4) is 0 Å². The van der Waals surface area contributed by atoms with Gasteiger partial charge in [-0.05, 0) is 37.0 Å². The van der Waals surface area contributed by atoms with Crippen molar-refractivity contribution in [2.24, 2.45) is 0 Å². The number of halogens is 1. The molecule has 0 spiro atoms. The van der Waals surface area contributed by atoms with Crippen molar-refractivity contribution in [3.05, 3.63) is 47.0 Å². The molecule has 5 nitrogen and oxygen atoms in total. The van der Waals surface area contributed by atoms with Gasteiger partial charge in [0.25, 0.3) is 5.91 Å². The number of aromatic nitrogens is 2. The molecule has 3 rings (SSSR count). The standard InChI is InChI=1S/C22H31FN4O/c1-6-25-10-12-26(13-11-25)22(28)19-20(15(2)3)24-27(21(19)16(4)5)18-9-7-8-17(23)14-18/h7-9,14-16H,6,10-13H2,1-5H3/p+1. The number of quaternary nitrogens is 1. The van der Waals surface area contributed by atoms with Crippen molar-refractivity contribution in [2.75, 3.05) is 32.7 Å². The van der Waals surface area contributed by atoms with Gasteiger partial charge in [0.1, 0.15) is 5.82 Å². The normalized spacial score (nSPS) is 15.6. The van der Waals surface area contributed by atoms with Crippen LogP contribution < -0.4 is 4.90 Å². The van der Waals surface area contributed by atoms with Gasteiger partial charge in [0, 0.05) is 0 Å². The molecular weight excluding hydrogens is 355 g/mol. The number of carbonyl (C=O) groups excluding carboxylic acids is 1. The molecule has 2 heterocycles. The highest BCUT2D eigenvalue weighted by atomic mass is 19.1. The molecule has 1 aliphatic rings. The van der Waals surface area contributed by atoms with Crippen LogP contribution >= 0.6 is 0 Å². The molecule has 0 radical (unpaired) electrons. The van der Waals surface area contributed by atoms with Crippen LogP contribution in [0.25, 0.3) is 5.69 Å². The summed E-state index contributed by atoms with van der Waals surface area (Å²) < 4.78 is 15.6. The summed E-state index contributed by atoms with van der Waals surface area (Å²) in [5, 5.41) is 4.79. The molecule has 1 aromatic carbocycles. The Hall–Kier alpha value is -2.21. The number of nitrogens with zero attached hydrogens (tertiary/aromatic N) is 3. The maximum atomic E-state index is 13.9. The first kappa shape index (κ1) is 20.5. The average Bonchev–Trinajstić information content (AvgIpc) is 3.09. The molecule has 1 fully saturated rings. The van der Waals surface area contributed by atoms with E-state index >= 15 is 0 Å². The predicted molar refractivity (Wildman–Crippen MR) is 109 cm³/mol. The number of hydrogen-bond acceptors (Lipinski definition) is 2. The lowest BCUT2D eigenvalue weighted by Crippen LogP contribution is -3.14. The number of nitrogens with one attached hydrogen (secondary N) is 1. The number of piperazine rings is 1. The van der Waals surface area contributed by atoms with E-state index in [9.17, 15) is 9.18 Å². The quantitative estimate of drug-likeness (QED) is 0.857. The van der Waals surface area contributed by atoms with E-state index in [0.717, 1.165) is 44.1 Å². The number of hydrogen-bond donors (Lipinski definition) is 1. The van der Waals surface area contributed by atoms with Crippen LogP contribution in [0.2, 0.25) is 0 Å². The molecule has 0 atom stereocenters. The van der Waals surface area contributed by atoms with E-state index in [4.69, 9.17) is 5.10 Å². The van der Waals surface area contributed by atoms with Gasteiger partial charge in [-0.25, -0.2) is 9.07 Å². The van der Waals surface area contributed by atoms with Gasteiger partial charge in [0.2, 0.25) is 0 Å². The lowest BCUT2D eigenvalue weighted by atomic mass is 9.97. The summed E-state index contributed by atoms with van der Waals surface area (Å²) in [4.78, 5) is 17.0. The monoisotopic (exact) mass is 387 g/mol. The summed E-state index contributed by atoms with van der Waals surface area (Å²) in [5.41, 5.74) is 3.02. The first-order chi connectivity index (χ1) is 13.3. The summed E-state index contributed by atoms with van der Waals surface area (Å²) >= 11 is 0. The van der Waals surface area contributed by atoms with Gasteiger partial charge >= 0.3 is 0 Å². The van der Waals surface area contributed by atoms with Crippen LogP contribution in [0.5, 0.6) is 0 Å². The van der Waals surface area contributed by atoms with Gasteiger partial charge < -0.3 is 9.80 Å². The smallest absolute Gasteiger partial charge is 0.258 e. The molecule has 0 unspecified atom stereocenters. The maximum absolute atomic E-state index is 13.9. The summed E-state index contributed by atoms with van der Waals surface area (Å²) in [5.74, 6) is -0.0517. The van der Waals surface area contributed by atoms with Gasteiger partial charge in [-0.3, -0.25) is 4.79 Å². The van der Waals surface area contributed by atoms with Gasteiger partial charge in [0.15, 0.2) is 0 Å². The zero-order chi connectivity index (χ0) is 20.4. The van der Waals surface area contributed by atoms with Gasteiger partial charge in [-0.2, -0.15) is 5.10 Å². The zero-order valence-electron chi connectivity index (χ0n) is 17.6. The molecule has 28 heavy (non-hydrogen) atoms. The molecule has 1 saturated heterocycles. The minimum atomic E-state index is -0.305. The lowest BCUT2D eigenvalue weighted by Gasteiger charge is -2.32. The zero-order valence-corrected chi connectivity index (χ0v) is 17.6. The molecule has 0 aliphatic carbocycles. The first-order valence-electron chi connectivity index (χ1n) is 10.3. The van der Waals surface area contributed by atoms with Crippen LogP contribution in [-0.2, 0) is 0 Å². The van der Waals surface area contributed by atoms with Crippen molar-refractivity contribution in [3.8, 4) is 5.69 Å². The Morgan fingerprint density at radius 2 is 1.86 bits per heavy atom. The Labute approximate surface area is 167 Å². The minimum Gasteiger partial charge on any atom is -0.332 e. The second-order valence-electron chi connectivity index (χ2n) is 8.24.